The van der Waals surface area contributed by atoms with Gasteiger partial charge in [-0.15, -0.1) is 0 Å². The van der Waals surface area contributed by atoms with E-state index in [2.05, 4.69) is 17.2 Å². The Morgan fingerprint density at radius 2 is 1.84 bits per heavy atom. The molecule has 1 aliphatic heterocycles. The van der Waals surface area contributed by atoms with Crippen LogP contribution in [0.4, 0.5) is 10.5 Å². The lowest BCUT2D eigenvalue weighted by Crippen LogP contribution is -2.53. The summed E-state index contributed by atoms with van der Waals surface area (Å²) in [7, 11) is 0. The van der Waals surface area contributed by atoms with Gasteiger partial charge >= 0.3 is 6.03 Å². The van der Waals surface area contributed by atoms with Gasteiger partial charge in [-0.2, -0.15) is 0 Å². The van der Waals surface area contributed by atoms with Gasteiger partial charge in [-0.25, -0.2) is 4.79 Å². The van der Waals surface area contributed by atoms with E-state index in [1.54, 1.807) is 21.9 Å². The number of amides is 4. The van der Waals surface area contributed by atoms with E-state index < -0.39 is 0 Å². The number of carbonyl (C=O) groups excluding carboxylic acids is 3. The fourth-order valence-corrected chi connectivity index (χ4v) is 2.56. The molecule has 0 atom stereocenters. The summed E-state index contributed by atoms with van der Waals surface area (Å²) in [5.74, 6) is -0.566. The Labute approximate surface area is 151 Å². The van der Waals surface area contributed by atoms with E-state index in [1.165, 1.54) is 0 Å². The van der Waals surface area contributed by atoms with Crippen LogP contribution in [-0.2, 0) is 9.59 Å². The first-order chi connectivity index (χ1) is 11.9. The highest BCUT2D eigenvalue weighted by atomic mass is 35.5. The Bertz CT molecular complexity index is 684. The molecule has 0 aliphatic carbocycles. The number of carbonyl (C=O) groups is 3. The Balaban J connectivity index is 1.81. The second kappa shape index (κ2) is 8.53. The summed E-state index contributed by atoms with van der Waals surface area (Å²) >= 11 is 6.05. The third-order valence-electron chi connectivity index (χ3n) is 3.94. The second-order valence-corrected chi connectivity index (χ2v) is 6.09. The van der Waals surface area contributed by atoms with Crippen LogP contribution in [0.5, 0.6) is 0 Å². The van der Waals surface area contributed by atoms with Gasteiger partial charge in [0.15, 0.2) is 0 Å². The van der Waals surface area contributed by atoms with Gasteiger partial charge in [0.2, 0.25) is 11.8 Å². The van der Waals surface area contributed by atoms with E-state index in [1.807, 2.05) is 13.0 Å². The molecule has 7 nitrogen and oxygen atoms in total. The number of anilines is 1. The molecule has 0 aromatic heterocycles. The third kappa shape index (κ3) is 5.22. The maximum Gasteiger partial charge on any atom is 0.321 e. The molecule has 2 N–H and O–H groups in total. The Kier molecular flexibility index (Phi) is 6.41. The smallest absolute Gasteiger partial charge is 0.321 e. The zero-order chi connectivity index (χ0) is 18.4. The molecule has 0 unspecified atom stereocenters. The number of rotatable bonds is 4. The normalized spacial score (nSPS) is 14.0. The molecule has 0 bridgehead atoms. The molecule has 2 rings (SSSR count). The van der Waals surface area contributed by atoms with Gasteiger partial charge in [-0.3, -0.25) is 9.59 Å². The number of urea groups is 1. The molecule has 25 heavy (non-hydrogen) atoms. The predicted molar refractivity (Wildman–Crippen MR) is 96.6 cm³/mol. The fourth-order valence-electron chi connectivity index (χ4n) is 2.38. The van der Waals surface area contributed by atoms with E-state index in [0.717, 1.165) is 11.6 Å². The Hall–Kier alpha value is -2.54. The van der Waals surface area contributed by atoms with Crippen molar-refractivity contribution in [1.82, 2.24) is 15.1 Å². The first-order valence-electron chi connectivity index (χ1n) is 7.91. The molecule has 1 aromatic carbocycles. The van der Waals surface area contributed by atoms with Gasteiger partial charge in [-0.05, 0) is 30.7 Å². The highest BCUT2D eigenvalue weighted by Gasteiger charge is 2.24. The van der Waals surface area contributed by atoms with Crippen molar-refractivity contribution in [2.45, 2.75) is 6.92 Å². The first kappa shape index (κ1) is 18.8. The zero-order valence-electron chi connectivity index (χ0n) is 14.0. The third-order valence-corrected chi connectivity index (χ3v) is 4.35. The maximum absolute atomic E-state index is 12.3. The summed E-state index contributed by atoms with van der Waals surface area (Å²) in [6.07, 6.45) is 1.12. The Morgan fingerprint density at radius 3 is 2.44 bits per heavy atom. The quantitative estimate of drug-likeness (QED) is 0.797. The van der Waals surface area contributed by atoms with E-state index in [0.29, 0.717) is 36.9 Å². The molecule has 134 valence electrons. The van der Waals surface area contributed by atoms with Crippen molar-refractivity contribution in [3.63, 3.8) is 0 Å². The number of hydrogen-bond donors (Lipinski definition) is 2. The molecular weight excluding hydrogens is 344 g/mol. The SMILES string of the molecule is C=CC(=O)NCC(=O)N1CCN(C(=O)Nc2ccc(C)c(Cl)c2)CC1. The van der Waals surface area contributed by atoms with Gasteiger partial charge in [-0.1, -0.05) is 24.2 Å². The van der Waals surface area contributed by atoms with Crippen LogP contribution in [0.3, 0.4) is 0 Å². The Morgan fingerprint density at radius 1 is 1.20 bits per heavy atom. The molecule has 0 radical (unpaired) electrons. The van der Waals surface area contributed by atoms with Crippen LogP contribution in [0.1, 0.15) is 5.56 Å². The van der Waals surface area contributed by atoms with E-state index in [4.69, 9.17) is 11.6 Å². The maximum atomic E-state index is 12.3. The molecule has 0 saturated carbocycles. The number of halogens is 1. The fraction of sp³-hybridized carbons (Fsp3) is 0.353. The van der Waals surface area contributed by atoms with E-state index in [9.17, 15) is 14.4 Å². The van der Waals surface area contributed by atoms with Crippen LogP contribution in [0.2, 0.25) is 5.02 Å². The topological polar surface area (TPSA) is 81.8 Å². The van der Waals surface area contributed by atoms with E-state index >= 15 is 0 Å². The summed E-state index contributed by atoms with van der Waals surface area (Å²) in [5, 5.41) is 5.85. The standard InChI is InChI=1S/C17H21ClN4O3/c1-3-15(23)19-11-16(24)21-6-8-22(9-7-21)17(25)20-13-5-4-12(2)14(18)10-13/h3-5,10H,1,6-9,11H2,2H3,(H,19,23)(H,20,25). The van der Waals surface area contributed by atoms with Crippen LogP contribution < -0.4 is 10.6 Å². The van der Waals surface area contributed by atoms with Crippen molar-refractivity contribution in [3.05, 3.63) is 41.4 Å². The molecule has 1 heterocycles. The number of nitrogens with zero attached hydrogens (tertiary/aromatic N) is 2. The minimum Gasteiger partial charge on any atom is -0.343 e. The largest absolute Gasteiger partial charge is 0.343 e. The summed E-state index contributed by atoms with van der Waals surface area (Å²) in [4.78, 5) is 38.6. The number of benzene rings is 1. The second-order valence-electron chi connectivity index (χ2n) is 5.68. The van der Waals surface area contributed by atoms with Crippen LogP contribution >= 0.6 is 11.6 Å². The summed E-state index contributed by atoms with van der Waals surface area (Å²) in [6, 6.07) is 5.11. The lowest BCUT2D eigenvalue weighted by molar-refractivity contribution is -0.133. The van der Waals surface area contributed by atoms with Crippen molar-refractivity contribution in [2.24, 2.45) is 0 Å². The number of piperazine rings is 1. The minimum absolute atomic E-state index is 0.0705. The zero-order valence-corrected chi connectivity index (χ0v) is 14.8. The first-order valence-corrected chi connectivity index (χ1v) is 8.28. The molecular formula is C17H21ClN4O3. The van der Waals surface area contributed by atoms with Crippen molar-refractivity contribution < 1.29 is 14.4 Å². The lowest BCUT2D eigenvalue weighted by Gasteiger charge is -2.34. The highest BCUT2D eigenvalue weighted by Crippen LogP contribution is 2.20. The van der Waals surface area contributed by atoms with Gasteiger partial charge in [0, 0.05) is 36.9 Å². The van der Waals surface area contributed by atoms with Crippen LogP contribution in [0, 0.1) is 6.92 Å². The summed E-state index contributed by atoms with van der Waals surface area (Å²) in [6.45, 7) is 6.84. The molecule has 0 spiro atoms. The average molecular weight is 365 g/mol. The monoisotopic (exact) mass is 364 g/mol. The lowest BCUT2D eigenvalue weighted by atomic mass is 10.2. The number of aryl methyl sites for hydroxylation is 1. The summed E-state index contributed by atoms with van der Waals surface area (Å²) < 4.78 is 0. The van der Waals surface area contributed by atoms with Crippen LogP contribution in [0.25, 0.3) is 0 Å². The van der Waals surface area contributed by atoms with Crippen molar-refractivity contribution >= 4 is 35.1 Å². The van der Waals surface area contributed by atoms with Crippen molar-refractivity contribution in [2.75, 3.05) is 38.0 Å². The molecule has 1 fully saturated rings. The molecule has 8 heteroatoms. The van der Waals surface area contributed by atoms with Gasteiger partial charge < -0.3 is 20.4 Å². The van der Waals surface area contributed by atoms with Crippen molar-refractivity contribution in [3.8, 4) is 0 Å². The molecule has 1 saturated heterocycles. The van der Waals surface area contributed by atoms with Gasteiger partial charge in [0.1, 0.15) is 0 Å². The predicted octanol–water partition coefficient (Wildman–Crippen LogP) is 1.63. The van der Waals surface area contributed by atoms with Crippen LogP contribution in [-0.4, -0.2) is 60.4 Å². The molecule has 1 aliphatic rings. The molecule has 1 aromatic rings. The van der Waals surface area contributed by atoms with Crippen molar-refractivity contribution in [1.29, 1.82) is 0 Å². The van der Waals surface area contributed by atoms with Crippen LogP contribution in [0.15, 0.2) is 30.9 Å². The molecule has 4 amide bonds. The van der Waals surface area contributed by atoms with E-state index in [-0.39, 0.29) is 24.4 Å². The van der Waals surface area contributed by atoms with Gasteiger partial charge in [0.05, 0.1) is 6.54 Å². The summed E-state index contributed by atoms with van der Waals surface area (Å²) in [5.41, 5.74) is 1.57. The average Bonchev–Trinajstić information content (AvgIpc) is 2.62. The van der Waals surface area contributed by atoms with Gasteiger partial charge in [0.25, 0.3) is 0 Å². The number of nitrogens with one attached hydrogen (secondary N) is 2. The minimum atomic E-state index is -0.386. The highest BCUT2D eigenvalue weighted by molar-refractivity contribution is 6.31. The number of hydrogen-bond acceptors (Lipinski definition) is 3.